The van der Waals surface area contributed by atoms with E-state index >= 15 is 0 Å². The number of aliphatic hydroxyl groups is 1. The normalized spacial score (nSPS) is 12.3. The lowest BCUT2D eigenvalue weighted by atomic mass is 10.2. The first-order valence-corrected chi connectivity index (χ1v) is 4.84. The van der Waals surface area contributed by atoms with Crippen LogP contribution >= 0.6 is 0 Å². The smallest absolute Gasteiger partial charge is 0.348 e. The number of unbranched alkanes of at least 4 members (excludes halogenated alkanes) is 2. The van der Waals surface area contributed by atoms with Gasteiger partial charge in [-0.25, -0.2) is 4.79 Å². The van der Waals surface area contributed by atoms with Crippen molar-refractivity contribution in [1.82, 2.24) is 5.32 Å². The van der Waals surface area contributed by atoms with Crippen LogP contribution in [0.15, 0.2) is 0 Å². The second-order valence-corrected chi connectivity index (χ2v) is 2.96. The number of aldehydes is 1. The zero-order valence-corrected chi connectivity index (χ0v) is 8.52. The van der Waals surface area contributed by atoms with Gasteiger partial charge in [0, 0.05) is 6.61 Å². The lowest BCUT2D eigenvalue weighted by Gasteiger charge is -2.13. The van der Waals surface area contributed by atoms with Crippen LogP contribution in [0.5, 0.6) is 0 Å². The molecule has 0 bridgehead atoms. The number of aliphatic carboxylic acids is 1. The summed E-state index contributed by atoms with van der Waals surface area (Å²) in [7, 11) is 0. The first kappa shape index (κ1) is 14.0. The van der Waals surface area contributed by atoms with Gasteiger partial charge in [-0.1, -0.05) is 0 Å². The molecule has 0 spiro atoms. The maximum Gasteiger partial charge on any atom is 0.348 e. The van der Waals surface area contributed by atoms with E-state index in [1.54, 1.807) is 0 Å². The number of rotatable bonds is 10. The highest BCUT2D eigenvalue weighted by Gasteiger charge is 2.15. The molecular weight excluding hydrogens is 202 g/mol. The molecule has 0 heterocycles. The molecule has 0 aromatic carbocycles. The van der Waals surface area contributed by atoms with Crippen molar-refractivity contribution in [3.8, 4) is 0 Å². The molecule has 0 fully saturated rings. The molecule has 0 aliphatic heterocycles. The molecule has 3 N–H and O–H groups in total. The summed E-state index contributed by atoms with van der Waals surface area (Å²) in [4.78, 5) is 20.6. The highest BCUT2D eigenvalue weighted by atomic mass is 16.5. The molecule has 88 valence electrons. The summed E-state index contributed by atoms with van der Waals surface area (Å²) in [5.74, 6) is -1.14. The zero-order chi connectivity index (χ0) is 11.5. The fourth-order valence-corrected chi connectivity index (χ4v) is 1.000. The second-order valence-electron chi connectivity index (χ2n) is 2.96. The summed E-state index contributed by atoms with van der Waals surface area (Å²) in [5, 5.41) is 19.8. The van der Waals surface area contributed by atoms with Gasteiger partial charge in [0.1, 0.15) is 12.9 Å². The van der Waals surface area contributed by atoms with Gasteiger partial charge >= 0.3 is 5.97 Å². The van der Waals surface area contributed by atoms with Crippen LogP contribution in [0.2, 0.25) is 0 Å². The van der Waals surface area contributed by atoms with E-state index in [-0.39, 0.29) is 13.2 Å². The van der Waals surface area contributed by atoms with E-state index in [9.17, 15) is 9.59 Å². The number of hydrogen-bond acceptors (Lipinski definition) is 5. The Morgan fingerprint density at radius 2 is 2.13 bits per heavy atom. The minimum atomic E-state index is -1.14. The lowest BCUT2D eigenvalue weighted by molar-refractivity contribution is -0.153. The molecule has 0 saturated heterocycles. The van der Waals surface area contributed by atoms with Gasteiger partial charge in [-0.15, -0.1) is 0 Å². The van der Waals surface area contributed by atoms with Crippen LogP contribution < -0.4 is 5.32 Å². The van der Waals surface area contributed by atoms with E-state index in [1.165, 1.54) is 0 Å². The van der Waals surface area contributed by atoms with Gasteiger partial charge in [-0.3, -0.25) is 5.32 Å². The summed E-state index contributed by atoms with van der Waals surface area (Å²) in [6.45, 7) is 0.389. The maximum atomic E-state index is 10.6. The van der Waals surface area contributed by atoms with Crippen molar-refractivity contribution in [3.05, 3.63) is 0 Å². The third-order valence-corrected chi connectivity index (χ3v) is 1.72. The van der Waals surface area contributed by atoms with Gasteiger partial charge in [0.15, 0.2) is 0 Å². The van der Waals surface area contributed by atoms with E-state index in [1.807, 2.05) is 0 Å². The number of nitrogens with one attached hydrogen (secondary N) is 1. The molecule has 1 unspecified atom stereocenters. The van der Waals surface area contributed by atoms with Crippen molar-refractivity contribution in [3.63, 3.8) is 0 Å². The topological polar surface area (TPSA) is 95.9 Å². The second kappa shape index (κ2) is 9.57. The van der Waals surface area contributed by atoms with Gasteiger partial charge in [-0.2, -0.15) is 0 Å². The molecule has 0 rings (SSSR count). The quantitative estimate of drug-likeness (QED) is 0.257. The zero-order valence-electron chi connectivity index (χ0n) is 8.52. The van der Waals surface area contributed by atoms with Crippen molar-refractivity contribution in [2.75, 3.05) is 19.8 Å². The molecule has 0 saturated carbocycles. The summed E-state index contributed by atoms with van der Waals surface area (Å²) < 4.78 is 4.73. The van der Waals surface area contributed by atoms with Crippen LogP contribution in [0, 0.1) is 0 Å². The van der Waals surface area contributed by atoms with Gasteiger partial charge in [0.05, 0.1) is 0 Å². The molecule has 0 aromatic heterocycles. The Hall–Kier alpha value is -0.980. The average Bonchev–Trinajstić information content (AvgIpc) is 2.21. The lowest BCUT2D eigenvalue weighted by Crippen LogP contribution is -2.40. The van der Waals surface area contributed by atoms with E-state index in [2.05, 4.69) is 5.32 Å². The molecule has 6 nitrogen and oxygen atoms in total. The first-order valence-electron chi connectivity index (χ1n) is 4.84. The van der Waals surface area contributed by atoms with Crippen LogP contribution in [0.3, 0.4) is 0 Å². The van der Waals surface area contributed by atoms with Crippen LogP contribution in [0.4, 0.5) is 0 Å². The van der Waals surface area contributed by atoms with Crippen molar-refractivity contribution in [1.29, 1.82) is 0 Å². The summed E-state index contributed by atoms with van der Waals surface area (Å²) in [6.07, 6.45) is 1.65. The molecule has 0 radical (unpaired) electrons. The number of carboxylic acid groups (broad SMARTS) is 1. The first-order chi connectivity index (χ1) is 7.22. The molecule has 0 aliphatic rings. The number of aliphatic hydroxyl groups excluding tert-OH is 1. The van der Waals surface area contributed by atoms with Crippen LogP contribution in [-0.2, 0) is 14.3 Å². The number of carbonyl (C=O) groups excluding carboxylic acids is 1. The number of hydrogen-bond donors (Lipinski definition) is 3. The third-order valence-electron chi connectivity index (χ3n) is 1.72. The Bertz CT molecular complexity index is 185. The monoisotopic (exact) mass is 219 g/mol. The predicted octanol–water partition coefficient (Wildman–Crippen LogP) is -0.635. The highest BCUT2D eigenvalue weighted by molar-refractivity contribution is 5.72. The number of carbonyl (C=O) groups is 2. The van der Waals surface area contributed by atoms with Crippen molar-refractivity contribution in [2.45, 2.75) is 25.5 Å². The van der Waals surface area contributed by atoms with Crippen LogP contribution in [0.25, 0.3) is 0 Å². The Labute approximate surface area is 88.2 Å². The number of ether oxygens (including phenoxy) is 1. The van der Waals surface area contributed by atoms with E-state index in [0.29, 0.717) is 19.3 Å². The van der Waals surface area contributed by atoms with Gasteiger partial charge < -0.3 is 19.7 Å². The molecule has 1 atom stereocenters. The van der Waals surface area contributed by atoms with E-state index in [0.717, 1.165) is 12.8 Å². The third kappa shape index (κ3) is 8.04. The average molecular weight is 219 g/mol. The SMILES string of the molecule is O=CCOC(NCCCCCO)C(=O)O. The molecule has 0 amide bonds. The van der Waals surface area contributed by atoms with Crippen molar-refractivity contribution >= 4 is 12.3 Å². The Morgan fingerprint density at radius 1 is 1.40 bits per heavy atom. The fraction of sp³-hybridized carbons (Fsp3) is 0.778. The van der Waals surface area contributed by atoms with E-state index < -0.39 is 12.2 Å². The molecule has 6 heteroatoms. The fourth-order valence-electron chi connectivity index (χ4n) is 1.000. The van der Waals surface area contributed by atoms with Crippen molar-refractivity contribution < 1.29 is 24.5 Å². The predicted molar refractivity (Wildman–Crippen MR) is 52.4 cm³/mol. The highest BCUT2D eigenvalue weighted by Crippen LogP contribution is 1.94. The Morgan fingerprint density at radius 3 is 2.67 bits per heavy atom. The minimum absolute atomic E-state index is 0.143. The molecule has 0 aromatic rings. The molecular formula is C9H17NO5. The van der Waals surface area contributed by atoms with Gasteiger partial charge in [0.2, 0.25) is 6.23 Å². The van der Waals surface area contributed by atoms with Gasteiger partial charge in [-0.05, 0) is 25.8 Å². The van der Waals surface area contributed by atoms with E-state index in [4.69, 9.17) is 14.9 Å². The Balaban J connectivity index is 3.57. The standard InChI is InChI=1S/C9H17NO5/c11-5-3-1-2-4-10-8(9(13)14)15-7-6-12/h6,8,10-11H,1-5,7H2,(H,13,14). The maximum absolute atomic E-state index is 10.6. The summed E-state index contributed by atoms with van der Waals surface area (Å²) >= 11 is 0. The molecule has 15 heavy (non-hydrogen) atoms. The Kier molecular flexibility index (Phi) is 8.95. The minimum Gasteiger partial charge on any atom is -0.478 e. The summed E-state index contributed by atoms with van der Waals surface area (Å²) in [6, 6.07) is 0. The van der Waals surface area contributed by atoms with Gasteiger partial charge in [0.25, 0.3) is 0 Å². The van der Waals surface area contributed by atoms with Crippen LogP contribution in [0.1, 0.15) is 19.3 Å². The van der Waals surface area contributed by atoms with Crippen molar-refractivity contribution in [2.24, 2.45) is 0 Å². The number of carboxylic acids is 1. The molecule has 0 aliphatic carbocycles. The van der Waals surface area contributed by atoms with Crippen LogP contribution in [-0.4, -0.2) is 48.5 Å². The summed E-state index contributed by atoms with van der Waals surface area (Å²) in [5.41, 5.74) is 0. The largest absolute Gasteiger partial charge is 0.478 e.